The van der Waals surface area contributed by atoms with Crippen LogP contribution in [-0.4, -0.2) is 51.5 Å². The lowest BCUT2D eigenvalue weighted by atomic mass is 10.2. The molecule has 2 fully saturated rings. The first-order chi connectivity index (χ1) is 9.75. The fraction of sp³-hybridized carbons (Fsp3) is 0.308. The Labute approximate surface area is 126 Å². The Hall–Kier alpha value is -1.28. The first-order valence-corrected chi connectivity index (χ1v) is 7.49. The molecule has 2 aliphatic heterocycles. The summed E-state index contributed by atoms with van der Waals surface area (Å²) >= 11 is 6.65. The Morgan fingerprint density at radius 1 is 1.40 bits per heavy atom. The lowest BCUT2D eigenvalue weighted by molar-refractivity contribution is -0.138. The van der Waals surface area contributed by atoms with Crippen molar-refractivity contribution in [3.05, 3.63) is 35.0 Å². The molecule has 5 nitrogen and oxygen atoms in total. The van der Waals surface area contributed by atoms with E-state index in [1.807, 2.05) is 23.2 Å². The van der Waals surface area contributed by atoms with Gasteiger partial charge in [-0.15, -0.1) is 0 Å². The van der Waals surface area contributed by atoms with Gasteiger partial charge in [-0.05, 0) is 17.7 Å². The molecule has 0 radical (unpaired) electrons. The number of hydrogen-bond donors (Lipinski definition) is 0. The summed E-state index contributed by atoms with van der Waals surface area (Å²) in [4.78, 5) is 17.1. The maximum Gasteiger partial charge on any atom is 0.280 e. The van der Waals surface area contributed by atoms with Crippen molar-refractivity contribution in [2.45, 2.75) is 0 Å². The number of hydrogen-bond acceptors (Lipinski definition) is 6. The van der Waals surface area contributed by atoms with Crippen LogP contribution in [0.4, 0.5) is 0 Å². The maximum absolute atomic E-state index is 12.5. The number of rotatable bonds is 2. The van der Waals surface area contributed by atoms with Crippen molar-refractivity contribution in [1.29, 1.82) is 0 Å². The lowest BCUT2D eigenvalue weighted by Gasteiger charge is -2.33. The number of aromatic nitrogens is 1. The van der Waals surface area contributed by atoms with Gasteiger partial charge in [0.2, 0.25) is 0 Å². The van der Waals surface area contributed by atoms with Gasteiger partial charge < -0.3 is 4.74 Å². The smallest absolute Gasteiger partial charge is 0.280 e. The molecule has 0 bridgehead atoms. The summed E-state index contributed by atoms with van der Waals surface area (Å²) in [6.45, 7) is 2.62. The summed E-state index contributed by atoms with van der Waals surface area (Å²) in [5.74, 6) is -0.0641. The second-order valence-electron chi connectivity index (χ2n) is 4.35. The highest BCUT2D eigenvalue weighted by Crippen LogP contribution is 2.33. The topological polar surface area (TPSA) is 45.7 Å². The molecule has 0 aliphatic carbocycles. The normalized spacial score (nSPS) is 22.8. The van der Waals surface area contributed by atoms with Gasteiger partial charge in [-0.2, -0.15) is 0 Å². The van der Waals surface area contributed by atoms with Crippen molar-refractivity contribution in [2.24, 2.45) is 0 Å². The third-order valence-electron chi connectivity index (χ3n) is 3.03. The zero-order valence-electron chi connectivity index (χ0n) is 10.7. The number of pyridine rings is 1. The van der Waals surface area contributed by atoms with Crippen LogP contribution in [0.1, 0.15) is 5.56 Å². The molecule has 0 unspecified atom stereocenters. The summed E-state index contributed by atoms with van der Waals surface area (Å²) in [6, 6.07) is 3.75. The van der Waals surface area contributed by atoms with E-state index in [9.17, 15) is 4.79 Å². The van der Waals surface area contributed by atoms with E-state index in [1.165, 1.54) is 11.8 Å². The van der Waals surface area contributed by atoms with Crippen molar-refractivity contribution in [3.63, 3.8) is 0 Å². The highest BCUT2D eigenvalue weighted by molar-refractivity contribution is 8.26. The Balaban J connectivity index is 1.81. The van der Waals surface area contributed by atoms with Gasteiger partial charge in [0.25, 0.3) is 5.91 Å². The van der Waals surface area contributed by atoms with Crippen molar-refractivity contribution in [2.75, 3.05) is 26.3 Å². The van der Waals surface area contributed by atoms with Crippen molar-refractivity contribution in [1.82, 2.24) is 15.0 Å². The average Bonchev–Trinajstić information content (AvgIpc) is 2.75. The van der Waals surface area contributed by atoms with Crippen LogP contribution in [0.3, 0.4) is 0 Å². The third-order valence-corrected chi connectivity index (χ3v) is 4.31. The molecule has 7 heteroatoms. The van der Waals surface area contributed by atoms with Crippen molar-refractivity contribution >= 4 is 40.3 Å². The molecule has 0 N–H and O–H groups in total. The second-order valence-corrected chi connectivity index (χ2v) is 6.02. The van der Waals surface area contributed by atoms with Crippen LogP contribution in [0.2, 0.25) is 0 Å². The van der Waals surface area contributed by atoms with Gasteiger partial charge in [-0.25, -0.2) is 10.0 Å². The van der Waals surface area contributed by atoms with Crippen LogP contribution in [0.15, 0.2) is 29.4 Å². The fourth-order valence-corrected chi connectivity index (χ4v) is 3.38. The number of morpholine rings is 1. The number of hydrazine groups is 1. The molecule has 1 aromatic rings. The predicted octanol–water partition coefficient (Wildman–Crippen LogP) is 1.53. The molecular formula is C13H13N3O2S2. The van der Waals surface area contributed by atoms with E-state index in [-0.39, 0.29) is 5.91 Å². The van der Waals surface area contributed by atoms with Crippen LogP contribution in [0, 0.1) is 0 Å². The first-order valence-electron chi connectivity index (χ1n) is 6.26. The summed E-state index contributed by atoms with van der Waals surface area (Å²) in [5, 5.41) is 3.54. The van der Waals surface area contributed by atoms with E-state index in [0.717, 1.165) is 5.56 Å². The quantitative estimate of drug-likeness (QED) is 0.610. The van der Waals surface area contributed by atoms with Crippen LogP contribution < -0.4 is 0 Å². The molecule has 1 aromatic heterocycles. The number of nitrogens with zero attached hydrogens (tertiary/aromatic N) is 3. The minimum Gasteiger partial charge on any atom is -0.379 e. The third kappa shape index (κ3) is 2.76. The largest absolute Gasteiger partial charge is 0.379 e. The van der Waals surface area contributed by atoms with Gasteiger partial charge in [-0.1, -0.05) is 30.0 Å². The summed E-state index contributed by atoms with van der Waals surface area (Å²) in [7, 11) is 0. The molecular weight excluding hydrogens is 294 g/mol. The Kier molecular flexibility index (Phi) is 4.11. The molecule has 0 atom stereocenters. The number of thiocarbonyl (C=S) groups is 1. The minimum atomic E-state index is -0.0641. The van der Waals surface area contributed by atoms with E-state index in [0.29, 0.717) is 35.5 Å². The van der Waals surface area contributed by atoms with Gasteiger partial charge >= 0.3 is 0 Å². The minimum absolute atomic E-state index is 0.0641. The van der Waals surface area contributed by atoms with E-state index in [2.05, 4.69) is 4.98 Å². The zero-order chi connectivity index (χ0) is 13.9. The van der Waals surface area contributed by atoms with E-state index in [4.69, 9.17) is 17.0 Å². The molecule has 0 saturated carbocycles. The number of ether oxygens (including phenoxy) is 1. The van der Waals surface area contributed by atoms with Crippen LogP contribution >= 0.6 is 24.0 Å². The Morgan fingerprint density at radius 2 is 2.20 bits per heavy atom. The van der Waals surface area contributed by atoms with Crippen LogP contribution in [0.25, 0.3) is 6.08 Å². The number of carbonyl (C=O) groups is 1. The second kappa shape index (κ2) is 6.01. The van der Waals surface area contributed by atoms with Gasteiger partial charge in [0.1, 0.15) is 0 Å². The highest BCUT2D eigenvalue weighted by atomic mass is 32.2. The van der Waals surface area contributed by atoms with Crippen LogP contribution in [0.5, 0.6) is 0 Å². The summed E-state index contributed by atoms with van der Waals surface area (Å²) in [5.41, 5.74) is 0.898. The Morgan fingerprint density at radius 3 is 2.90 bits per heavy atom. The molecule has 0 aromatic carbocycles. The average molecular weight is 307 g/mol. The molecule has 104 valence electrons. The number of carbonyl (C=O) groups excluding carboxylic acids is 1. The summed E-state index contributed by atoms with van der Waals surface area (Å²) in [6.07, 6.45) is 5.25. The van der Waals surface area contributed by atoms with E-state index < -0.39 is 0 Å². The molecule has 20 heavy (non-hydrogen) atoms. The SMILES string of the molecule is O=C1/C(=C\c2cccnc2)SC(=S)N1N1CCOCC1. The lowest BCUT2D eigenvalue weighted by Crippen LogP contribution is -2.50. The van der Waals surface area contributed by atoms with Crippen LogP contribution in [-0.2, 0) is 9.53 Å². The van der Waals surface area contributed by atoms with Gasteiger partial charge in [0, 0.05) is 25.5 Å². The standard InChI is InChI=1S/C13H13N3O2S2/c17-12-11(8-10-2-1-3-14-9-10)20-13(19)16(12)15-4-6-18-7-5-15/h1-3,8-9H,4-7H2/b11-8+. The fourth-order valence-electron chi connectivity index (χ4n) is 2.07. The molecule has 0 spiro atoms. The maximum atomic E-state index is 12.5. The molecule has 2 aliphatic rings. The monoisotopic (exact) mass is 307 g/mol. The van der Waals surface area contributed by atoms with E-state index >= 15 is 0 Å². The molecule has 1 amide bonds. The molecule has 3 rings (SSSR count). The number of amides is 1. The van der Waals surface area contributed by atoms with Gasteiger partial charge in [0.05, 0.1) is 18.1 Å². The number of thioether (sulfide) groups is 1. The van der Waals surface area contributed by atoms with E-state index in [1.54, 1.807) is 17.4 Å². The van der Waals surface area contributed by atoms with Crippen molar-refractivity contribution < 1.29 is 9.53 Å². The molecule has 3 heterocycles. The predicted molar refractivity (Wildman–Crippen MR) is 81.6 cm³/mol. The van der Waals surface area contributed by atoms with Crippen molar-refractivity contribution in [3.8, 4) is 0 Å². The zero-order valence-corrected chi connectivity index (χ0v) is 12.3. The Bertz CT molecular complexity index is 556. The summed E-state index contributed by atoms with van der Waals surface area (Å²) < 4.78 is 5.88. The highest BCUT2D eigenvalue weighted by Gasteiger charge is 2.36. The first kappa shape index (κ1) is 13.7. The van der Waals surface area contributed by atoms with Gasteiger partial charge in [-0.3, -0.25) is 9.78 Å². The van der Waals surface area contributed by atoms with Gasteiger partial charge in [0.15, 0.2) is 4.32 Å². The molecule has 2 saturated heterocycles.